The number of nitrogens with zero attached hydrogens (tertiary/aromatic N) is 1. The second-order valence-electron chi connectivity index (χ2n) is 5.28. The molecule has 1 aliphatic rings. The Balaban J connectivity index is 1.84. The predicted molar refractivity (Wildman–Crippen MR) is 82.1 cm³/mol. The molecule has 4 N–H and O–H groups in total. The summed E-state index contributed by atoms with van der Waals surface area (Å²) < 4.78 is 5.75. The number of para-hydroxylation sites is 1. The summed E-state index contributed by atoms with van der Waals surface area (Å²) in [6, 6.07) is 7.73. The highest BCUT2D eigenvalue weighted by Gasteiger charge is 2.17. The molecule has 0 saturated carbocycles. The van der Waals surface area contributed by atoms with Crippen molar-refractivity contribution in [2.75, 3.05) is 33.3 Å². The first-order valence-corrected chi connectivity index (χ1v) is 7.36. The quantitative estimate of drug-likeness (QED) is 0.401. The first-order valence-electron chi connectivity index (χ1n) is 7.36. The van der Waals surface area contributed by atoms with Crippen LogP contribution >= 0.6 is 0 Å². The molecule has 0 atom stereocenters. The van der Waals surface area contributed by atoms with Gasteiger partial charge in [-0.25, -0.2) is 5.84 Å². The molecule has 21 heavy (non-hydrogen) atoms. The summed E-state index contributed by atoms with van der Waals surface area (Å²) in [5.41, 5.74) is 2.60. The Morgan fingerprint density at radius 2 is 2.14 bits per heavy atom. The third-order valence-corrected chi connectivity index (χ3v) is 3.90. The Hall–Kier alpha value is -1.63. The van der Waals surface area contributed by atoms with E-state index < -0.39 is 0 Å². The average molecular weight is 292 g/mol. The highest BCUT2D eigenvalue weighted by atomic mass is 16.5. The fourth-order valence-electron chi connectivity index (χ4n) is 2.59. The number of nitrogen functional groups attached to an aromatic ring is 1. The molecule has 0 unspecified atom stereocenters. The summed E-state index contributed by atoms with van der Waals surface area (Å²) in [7, 11) is 2.12. The molecule has 2 rings (SSSR count). The number of rotatable bonds is 6. The summed E-state index contributed by atoms with van der Waals surface area (Å²) in [5, 5.41) is 3.36. The van der Waals surface area contributed by atoms with Crippen LogP contribution in [0.15, 0.2) is 24.3 Å². The molecule has 6 nitrogen and oxygen atoms in total. The van der Waals surface area contributed by atoms with Crippen molar-refractivity contribution in [3.05, 3.63) is 29.8 Å². The number of amides is 1. The lowest BCUT2D eigenvalue weighted by Crippen LogP contribution is -2.42. The van der Waals surface area contributed by atoms with Crippen molar-refractivity contribution in [1.29, 1.82) is 0 Å². The zero-order valence-corrected chi connectivity index (χ0v) is 12.5. The molecule has 1 saturated heterocycles. The minimum absolute atomic E-state index is 0.336. The smallest absolute Gasteiger partial charge is 0.268 e. The maximum atomic E-state index is 11.6. The summed E-state index contributed by atoms with van der Waals surface area (Å²) in [6.45, 7) is 3.54. The van der Waals surface area contributed by atoms with Gasteiger partial charge in [0, 0.05) is 12.6 Å². The van der Waals surface area contributed by atoms with Gasteiger partial charge < -0.3 is 10.1 Å². The molecule has 116 valence electrons. The van der Waals surface area contributed by atoms with Crippen molar-refractivity contribution in [2.45, 2.75) is 18.9 Å². The van der Waals surface area contributed by atoms with Gasteiger partial charge in [0.1, 0.15) is 12.4 Å². The van der Waals surface area contributed by atoms with Crippen LogP contribution in [0.5, 0.6) is 5.75 Å². The summed E-state index contributed by atoms with van der Waals surface area (Å²) in [6.07, 6.45) is 2.34. The summed E-state index contributed by atoms with van der Waals surface area (Å²) in [4.78, 5) is 14.0. The first kappa shape index (κ1) is 15.8. The van der Waals surface area contributed by atoms with Crippen molar-refractivity contribution in [2.24, 2.45) is 5.84 Å². The van der Waals surface area contributed by atoms with Crippen LogP contribution in [0.25, 0.3) is 0 Å². The SMILES string of the molecule is CN(CCOc1ccccc1C(=O)NN)C1CCNCC1. The Morgan fingerprint density at radius 3 is 2.86 bits per heavy atom. The lowest BCUT2D eigenvalue weighted by molar-refractivity contribution is 0.0948. The first-order chi connectivity index (χ1) is 10.2. The standard InChI is InChI=1S/C15H24N4O2/c1-19(12-6-8-17-9-7-12)10-11-21-14-5-3-2-4-13(14)15(20)18-16/h2-5,12,17H,6-11,16H2,1H3,(H,18,20). The van der Waals surface area contributed by atoms with Crippen molar-refractivity contribution >= 4 is 5.91 Å². The molecule has 0 spiro atoms. The lowest BCUT2D eigenvalue weighted by atomic mass is 10.1. The molecular weight excluding hydrogens is 268 g/mol. The second-order valence-corrected chi connectivity index (χ2v) is 5.28. The van der Waals surface area contributed by atoms with E-state index in [1.807, 2.05) is 6.07 Å². The van der Waals surface area contributed by atoms with E-state index in [0.29, 0.717) is 24.0 Å². The van der Waals surface area contributed by atoms with E-state index in [1.165, 1.54) is 12.8 Å². The van der Waals surface area contributed by atoms with Gasteiger partial charge in [0.2, 0.25) is 0 Å². The Labute approximate surface area is 125 Å². The topological polar surface area (TPSA) is 79.6 Å². The molecule has 0 aromatic heterocycles. The van der Waals surface area contributed by atoms with E-state index in [-0.39, 0.29) is 5.91 Å². The number of ether oxygens (including phenoxy) is 1. The van der Waals surface area contributed by atoms with Gasteiger partial charge in [-0.1, -0.05) is 12.1 Å². The molecule has 0 bridgehead atoms. The van der Waals surface area contributed by atoms with Gasteiger partial charge in [0.05, 0.1) is 5.56 Å². The van der Waals surface area contributed by atoms with E-state index >= 15 is 0 Å². The monoisotopic (exact) mass is 292 g/mol. The van der Waals surface area contributed by atoms with Crippen molar-refractivity contribution < 1.29 is 9.53 Å². The van der Waals surface area contributed by atoms with Crippen LogP contribution in [0.2, 0.25) is 0 Å². The number of benzene rings is 1. The zero-order chi connectivity index (χ0) is 15.1. The number of nitrogens with two attached hydrogens (primary N) is 1. The number of carbonyl (C=O) groups is 1. The third kappa shape index (κ3) is 4.42. The van der Waals surface area contributed by atoms with E-state index in [9.17, 15) is 4.79 Å². The van der Waals surface area contributed by atoms with Crippen molar-refractivity contribution in [3.63, 3.8) is 0 Å². The highest BCUT2D eigenvalue weighted by molar-refractivity contribution is 5.96. The van der Waals surface area contributed by atoms with Gasteiger partial charge in [-0.3, -0.25) is 15.1 Å². The molecule has 1 aromatic rings. The fraction of sp³-hybridized carbons (Fsp3) is 0.533. The second kappa shape index (κ2) is 7.97. The molecule has 1 heterocycles. The van der Waals surface area contributed by atoms with E-state index in [1.54, 1.807) is 18.2 Å². The maximum Gasteiger partial charge on any atom is 0.268 e. The third-order valence-electron chi connectivity index (χ3n) is 3.90. The van der Waals surface area contributed by atoms with E-state index in [0.717, 1.165) is 19.6 Å². The van der Waals surface area contributed by atoms with Crippen LogP contribution in [0.1, 0.15) is 23.2 Å². The Morgan fingerprint density at radius 1 is 1.43 bits per heavy atom. The number of nitrogens with one attached hydrogen (secondary N) is 2. The fourth-order valence-corrected chi connectivity index (χ4v) is 2.59. The minimum Gasteiger partial charge on any atom is -0.491 e. The van der Waals surface area contributed by atoms with Crippen molar-refractivity contribution in [1.82, 2.24) is 15.6 Å². The number of hydrogen-bond acceptors (Lipinski definition) is 5. The summed E-state index contributed by atoms with van der Waals surface area (Å²) >= 11 is 0. The molecule has 1 aromatic carbocycles. The number of piperidine rings is 1. The summed E-state index contributed by atoms with van der Waals surface area (Å²) in [5.74, 6) is 5.41. The molecule has 0 aliphatic carbocycles. The van der Waals surface area contributed by atoms with Crippen molar-refractivity contribution in [3.8, 4) is 5.75 Å². The minimum atomic E-state index is -0.336. The molecule has 1 fully saturated rings. The number of hydrazine groups is 1. The van der Waals surface area contributed by atoms with Crippen LogP contribution < -0.4 is 21.3 Å². The predicted octanol–water partition coefficient (Wildman–Crippen LogP) is 0.353. The number of carbonyl (C=O) groups excluding carboxylic acids is 1. The van der Waals surface area contributed by atoms with Crippen LogP contribution in [0.4, 0.5) is 0 Å². The van der Waals surface area contributed by atoms with Gasteiger partial charge in [0.15, 0.2) is 0 Å². The average Bonchev–Trinajstić information content (AvgIpc) is 2.55. The van der Waals surface area contributed by atoms with Crippen LogP contribution in [0, 0.1) is 0 Å². The molecular formula is C15H24N4O2. The molecule has 1 aliphatic heterocycles. The van der Waals surface area contributed by atoms with Crippen LogP contribution in [-0.4, -0.2) is 50.1 Å². The maximum absolute atomic E-state index is 11.6. The lowest BCUT2D eigenvalue weighted by Gasteiger charge is -2.31. The normalized spacial score (nSPS) is 16.0. The molecule has 1 amide bonds. The van der Waals surface area contributed by atoms with Gasteiger partial charge in [-0.2, -0.15) is 0 Å². The van der Waals surface area contributed by atoms with Gasteiger partial charge >= 0.3 is 0 Å². The number of likely N-dealkylation sites (N-methyl/N-ethyl adjacent to an activating group) is 1. The molecule has 6 heteroatoms. The van der Waals surface area contributed by atoms with Crippen LogP contribution in [0.3, 0.4) is 0 Å². The van der Waals surface area contributed by atoms with E-state index in [2.05, 4.69) is 22.7 Å². The van der Waals surface area contributed by atoms with Gasteiger partial charge in [0.25, 0.3) is 5.91 Å². The zero-order valence-electron chi connectivity index (χ0n) is 12.5. The van der Waals surface area contributed by atoms with E-state index in [4.69, 9.17) is 10.6 Å². The number of hydrogen-bond donors (Lipinski definition) is 3. The van der Waals surface area contributed by atoms with Gasteiger partial charge in [-0.05, 0) is 45.1 Å². The largest absolute Gasteiger partial charge is 0.491 e. The molecule has 0 radical (unpaired) electrons. The Kier molecular flexibility index (Phi) is 5.98. The van der Waals surface area contributed by atoms with Crippen LogP contribution in [-0.2, 0) is 0 Å². The van der Waals surface area contributed by atoms with Gasteiger partial charge in [-0.15, -0.1) is 0 Å². The Bertz CT molecular complexity index is 461. The highest BCUT2D eigenvalue weighted by Crippen LogP contribution is 2.18.